The zero-order chi connectivity index (χ0) is 52.0. The lowest BCUT2D eigenvalue weighted by Gasteiger charge is -2.42. The second-order valence-electron chi connectivity index (χ2n) is 25.4. The number of para-hydroxylation sites is 3. The van der Waals surface area contributed by atoms with Gasteiger partial charge in [-0.15, -0.1) is 0 Å². The summed E-state index contributed by atoms with van der Waals surface area (Å²) in [7, 11) is -3.60. The van der Waals surface area contributed by atoms with Crippen molar-refractivity contribution >= 4 is 98.2 Å². The Labute approximate surface area is 435 Å². The summed E-state index contributed by atoms with van der Waals surface area (Å²) in [5.41, 5.74) is 8.99. The van der Waals surface area contributed by atoms with E-state index in [1.807, 2.05) is 12.3 Å². The lowest BCUT2D eigenvalue weighted by molar-refractivity contribution is 0.250. The first-order chi connectivity index (χ1) is 34.3. The molecule has 3 aliphatic rings. The molecule has 0 radical (unpaired) electrons. The van der Waals surface area contributed by atoms with Crippen LogP contribution >= 0.6 is 0 Å². The van der Waals surface area contributed by atoms with Gasteiger partial charge in [0, 0.05) is 40.5 Å². The van der Waals surface area contributed by atoms with E-state index in [-0.39, 0.29) is 26.7 Å². The van der Waals surface area contributed by atoms with Crippen molar-refractivity contribution in [3.05, 3.63) is 133 Å². The molecule has 0 amide bonds. The zero-order valence-corrected chi connectivity index (χ0v) is 45.4. The molecule has 372 valence electrons. The zero-order valence-electron chi connectivity index (χ0n) is 45.4. The minimum absolute atomic E-state index is 0.0304. The highest BCUT2D eigenvalue weighted by Crippen LogP contribution is 2.46. The van der Waals surface area contributed by atoms with Crippen molar-refractivity contribution in [2.24, 2.45) is 0 Å². The quantitative estimate of drug-likeness (QED) is 0.144. The predicted molar refractivity (Wildman–Crippen MR) is 305 cm³/mol. The Morgan fingerprint density at radius 2 is 0.959 bits per heavy atom. The van der Waals surface area contributed by atoms with E-state index >= 15 is 0 Å². The average Bonchev–Trinajstić information content (AvgIpc) is 3.89. The number of hydrogen-bond donors (Lipinski definition) is 0. The predicted octanol–water partition coefficient (Wildman–Crippen LogP) is 13.2. The minimum Gasteiger partial charge on any atom is -0.457 e. The van der Waals surface area contributed by atoms with Gasteiger partial charge < -0.3 is 42.0 Å². The summed E-state index contributed by atoms with van der Waals surface area (Å²) < 4.78 is 49.2. The van der Waals surface area contributed by atoms with Crippen LogP contribution in [0.3, 0.4) is 0 Å². The van der Waals surface area contributed by atoms with Gasteiger partial charge in [-0.25, -0.2) is 4.98 Å². The van der Waals surface area contributed by atoms with Crippen LogP contribution in [-0.2, 0) is 32.8 Å². The van der Waals surface area contributed by atoms with Crippen molar-refractivity contribution in [2.45, 2.75) is 131 Å². The molecule has 11 nitrogen and oxygen atoms in total. The van der Waals surface area contributed by atoms with Crippen molar-refractivity contribution in [3.8, 4) is 17.3 Å². The summed E-state index contributed by atoms with van der Waals surface area (Å²) in [6.45, 7) is 32.8. The SMILES string of the molecule is CC(C)(C)B1OB(c2cc(B3OB(C(C)(C)C)OB(C(C)(C)C)O3)cc(N3CN(c4cccc(Oc5ccc6c7ccccc7n(-c7cc(C(C)(C)C)ccn7)c6c5)c4)c4ccccc43)c2)OB(C(C)(C)C)O1. The Balaban J connectivity index is 1.02. The van der Waals surface area contributed by atoms with Gasteiger partial charge in [0.15, 0.2) is 0 Å². The minimum atomic E-state index is -0.745. The second-order valence-corrected chi connectivity index (χ2v) is 25.4. The van der Waals surface area contributed by atoms with Gasteiger partial charge in [0.25, 0.3) is 0 Å². The van der Waals surface area contributed by atoms with Crippen LogP contribution in [0, 0.1) is 0 Å². The van der Waals surface area contributed by atoms with Crippen molar-refractivity contribution in [3.63, 3.8) is 0 Å². The van der Waals surface area contributed by atoms with Crippen molar-refractivity contribution in [2.75, 3.05) is 16.5 Å². The first-order valence-electron chi connectivity index (χ1n) is 25.8. The molecule has 2 fully saturated rings. The molecule has 0 N–H and O–H groups in total. The van der Waals surface area contributed by atoms with Gasteiger partial charge >= 0.3 is 42.7 Å². The van der Waals surface area contributed by atoms with Crippen LogP contribution < -0.4 is 25.5 Å². The van der Waals surface area contributed by atoms with Crippen molar-refractivity contribution < 1.29 is 32.2 Å². The summed E-state index contributed by atoms with van der Waals surface area (Å²) in [4.78, 5) is 9.54. The highest BCUT2D eigenvalue weighted by Gasteiger charge is 2.53. The number of ether oxygens (including phenoxy) is 1. The first kappa shape index (κ1) is 51.1. The molecule has 0 atom stereocenters. The van der Waals surface area contributed by atoms with Crippen molar-refractivity contribution in [1.29, 1.82) is 0 Å². The van der Waals surface area contributed by atoms with Crippen LogP contribution in [0.1, 0.15) is 109 Å². The van der Waals surface area contributed by atoms with E-state index in [2.05, 4.69) is 233 Å². The number of fused-ring (bicyclic) bond motifs is 4. The van der Waals surface area contributed by atoms with Crippen LogP contribution in [-0.4, -0.2) is 58.9 Å². The van der Waals surface area contributed by atoms with Gasteiger partial charge in [-0.05, 0) is 110 Å². The number of nitrogens with zero attached hydrogens (tertiary/aromatic N) is 4. The van der Waals surface area contributed by atoms with Gasteiger partial charge in [-0.1, -0.05) is 146 Å². The molecule has 0 spiro atoms. The number of rotatable bonds is 7. The summed E-state index contributed by atoms with van der Waals surface area (Å²) in [6.07, 6.45) is 1.91. The summed E-state index contributed by atoms with van der Waals surface area (Å²) in [5, 5.41) is 0.998. The summed E-state index contributed by atoms with van der Waals surface area (Å²) >= 11 is 0. The van der Waals surface area contributed by atoms with E-state index in [1.54, 1.807) is 0 Å². The van der Waals surface area contributed by atoms with E-state index in [0.717, 1.165) is 72.8 Å². The van der Waals surface area contributed by atoms with E-state index in [9.17, 15) is 0 Å². The van der Waals surface area contributed by atoms with Gasteiger partial charge in [0.2, 0.25) is 0 Å². The second kappa shape index (κ2) is 18.8. The molecule has 10 rings (SSSR count). The highest BCUT2D eigenvalue weighted by atomic mass is 16.7. The van der Waals surface area contributed by atoms with Crippen LogP contribution in [0.4, 0.5) is 22.7 Å². The molecular weight excluding hydrogens is 906 g/mol. The number of hydrogen-bond acceptors (Lipinski definition) is 10. The third-order valence-corrected chi connectivity index (χ3v) is 13.7. The maximum absolute atomic E-state index is 6.80. The fourth-order valence-corrected chi connectivity index (χ4v) is 9.67. The standard InChI is InChI=1S/C56H68B6N4O7/c1-52(2,3)38-29-30-63-51(31-38)66-47-24-17-16-23-45(47)46-28-27-44(36-50(46)66)67-43-22-20-21-41(35-43)64-37-65(49-26-19-18-25-48(49)64)42-33-39(57-68-59(53(4,5)6)72-60(69-57)54(7,8)9)32-40(34-42)58-70-61(55(10,11)12)73-62(71-58)56(13,14)15/h16-36H,37H2,1-15H3. The normalized spacial score (nSPS) is 16.4. The van der Waals surface area contributed by atoms with Crippen molar-refractivity contribution in [1.82, 2.24) is 9.55 Å². The van der Waals surface area contributed by atoms with Crippen LogP contribution in [0.2, 0.25) is 21.3 Å². The van der Waals surface area contributed by atoms with Gasteiger partial charge in [0.1, 0.15) is 24.0 Å². The molecule has 0 aliphatic carbocycles. The lowest BCUT2D eigenvalue weighted by atomic mass is 9.49. The smallest absolute Gasteiger partial charge is 0.457 e. The molecule has 3 aliphatic heterocycles. The topological polar surface area (TPSA) is 88.9 Å². The lowest BCUT2D eigenvalue weighted by Crippen LogP contribution is -2.61. The molecule has 5 aromatic carbocycles. The van der Waals surface area contributed by atoms with Crippen LogP contribution in [0.15, 0.2) is 128 Å². The molecule has 0 bridgehead atoms. The number of aromatic nitrogens is 2. The van der Waals surface area contributed by atoms with Gasteiger partial charge in [-0.2, -0.15) is 0 Å². The summed E-state index contributed by atoms with van der Waals surface area (Å²) in [6, 6.07) is 42.4. The molecule has 5 heterocycles. The Morgan fingerprint density at radius 1 is 0.452 bits per heavy atom. The van der Waals surface area contributed by atoms with Gasteiger partial charge in [-0.3, -0.25) is 4.57 Å². The Hall–Kier alpha value is -5.40. The fraction of sp³-hybridized carbons (Fsp3) is 0.375. The third-order valence-electron chi connectivity index (χ3n) is 13.7. The molecule has 0 saturated carbocycles. The molecule has 73 heavy (non-hydrogen) atoms. The van der Waals surface area contributed by atoms with Gasteiger partial charge in [0.05, 0.1) is 22.4 Å². The van der Waals surface area contributed by atoms with Crippen LogP contribution in [0.25, 0.3) is 27.6 Å². The van der Waals surface area contributed by atoms with E-state index in [1.165, 1.54) is 5.56 Å². The maximum Gasteiger partial charge on any atom is 0.466 e. The Morgan fingerprint density at radius 3 is 1.51 bits per heavy atom. The van der Waals surface area contributed by atoms with E-state index < -0.39 is 42.7 Å². The highest BCUT2D eigenvalue weighted by molar-refractivity contribution is 6.83. The van der Waals surface area contributed by atoms with E-state index in [0.29, 0.717) is 6.67 Å². The third kappa shape index (κ3) is 10.4. The number of benzene rings is 5. The average molecular weight is 974 g/mol. The molecule has 0 unspecified atom stereocenters. The van der Waals surface area contributed by atoms with E-state index in [4.69, 9.17) is 37.2 Å². The molecule has 7 aromatic rings. The van der Waals surface area contributed by atoms with Crippen LogP contribution in [0.5, 0.6) is 11.5 Å². The Bertz CT molecular complexity index is 3060. The molecule has 2 aromatic heterocycles. The fourth-order valence-electron chi connectivity index (χ4n) is 9.67. The maximum atomic E-state index is 6.80. The molecule has 17 heteroatoms. The summed E-state index contributed by atoms with van der Waals surface area (Å²) in [5.74, 6) is 2.33. The molecular formula is C56H68B6N4O7. The largest absolute Gasteiger partial charge is 0.466 e. The monoisotopic (exact) mass is 975 g/mol. The number of anilines is 4. The Kier molecular flexibility index (Phi) is 13.1. The number of pyridine rings is 1. The molecule has 2 saturated heterocycles. The first-order valence-corrected chi connectivity index (χ1v) is 25.8.